The Morgan fingerprint density at radius 1 is 1.44 bits per heavy atom. The molecule has 0 saturated carbocycles. The van der Waals surface area contributed by atoms with Gasteiger partial charge in [-0.3, -0.25) is 0 Å². The van der Waals surface area contributed by atoms with E-state index in [-0.39, 0.29) is 0 Å². The topological polar surface area (TPSA) is 60.0 Å². The largest absolute Gasteiger partial charge is 0.399 e. The number of benzene rings is 1. The van der Waals surface area contributed by atoms with Crippen molar-refractivity contribution >= 4 is 23.1 Å². The van der Waals surface area contributed by atoms with Crippen LogP contribution in [-0.2, 0) is 13.1 Å². The summed E-state index contributed by atoms with van der Waals surface area (Å²) in [6.07, 6.45) is 1.74. The zero-order valence-corrected chi connectivity index (χ0v) is 11.2. The standard InChI is InChI=1S/C12H16ClN5/c1-3-18-12(7-15-16-18)17(2)8-9-6-10(14)4-5-11(9)13/h4-7H,3,8,14H2,1-2H3. The summed E-state index contributed by atoms with van der Waals surface area (Å²) in [4.78, 5) is 2.05. The zero-order valence-electron chi connectivity index (χ0n) is 10.5. The van der Waals surface area contributed by atoms with Gasteiger partial charge >= 0.3 is 0 Å². The zero-order chi connectivity index (χ0) is 13.1. The average molecular weight is 266 g/mol. The first-order valence-corrected chi connectivity index (χ1v) is 6.13. The molecular formula is C12H16ClN5. The number of nitrogens with zero attached hydrogens (tertiary/aromatic N) is 4. The van der Waals surface area contributed by atoms with Crippen LogP contribution in [0.1, 0.15) is 12.5 Å². The monoisotopic (exact) mass is 265 g/mol. The van der Waals surface area contributed by atoms with Crippen LogP contribution in [-0.4, -0.2) is 22.0 Å². The fraction of sp³-hybridized carbons (Fsp3) is 0.333. The summed E-state index contributed by atoms with van der Waals surface area (Å²) in [6.45, 7) is 3.47. The Kier molecular flexibility index (Phi) is 3.72. The van der Waals surface area contributed by atoms with E-state index in [0.717, 1.165) is 17.9 Å². The van der Waals surface area contributed by atoms with Crippen LogP contribution >= 0.6 is 11.6 Å². The highest BCUT2D eigenvalue weighted by atomic mass is 35.5. The SMILES string of the molecule is CCn1nncc1N(C)Cc1cc(N)ccc1Cl. The lowest BCUT2D eigenvalue weighted by Gasteiger charge is -2.19. The maximum Gasteiger partial charge on any atom is 0.147 e. The Balaban J connectivity index is 2.21. The van der Waals surface area contributed by atoms with Gasteiger partial charge in [-0.2, -0.15) is 0 Å². The third kappa shape index (κ3) is 2.56. The molecule has 0 aliphatic heterocycles. The Bertz CT molecular complexity index is 537. The Hall–Kier alpha value is -1.75. The molecule has 0 amide bonds. The first-order valence-electron chi connectivity index (χ1n) is 5.75. The van der Waals surface area contributed by atoms with Gasteiger partial charge in [-0.05, 0) is 30.7 Å². The number of anilines is 2. The molecule has 96 valence electrons. The number of rotatable bonds is 4. The summed E-state index contributed by atoms with van der Waals surface area (Å²) in [7, 11) is 1.98. The highest BCUT2D eigenvalue weighted by Gasteiger charge is 2.10. The lowest BCUT2D eigenvalue weighted by molar-refractivity contribution is 0.617. The van der Waals surface area contributed by atoms with Crippen LogP contribution in [0.25, 0.3) is 0 Å². The third-order valence-electron chi connectivity index (χ3n) is 2.77. The molecule has 0 fully saturated rings. The quantitative estimate of drug-likeness (QED) is 0.861. The van der Waals surface area contributed by atoms with Gasteiger partial charge in [-0.25, -0.2) is 4.68 Å². The van der Waals surface area contributed by atoms with E-state index < -0.39 is 0 Å². The fourth-order valence-corrected chi connectivity index (χ4v) is 2.00. The normalized spacial score (nSPS) is 10.6. The van der Waals surface area contributed by atoms with Crippen molar-refractivity contribution in [2.24, 2.45) is 0 Å². The molecule has 1 heterocycles. The van der Waals surface area contributed by atoms with Gasteiger partial charge in [0, 0.05) is 30.8 Å². The Labute approximate surface area is 111 Å². The minimum atomic E-state index is 0.664. The molecule has 6 heteroatoms. The van der Waals surface area contributed by atoms with E-state index in [1.807, 2.05) is 35.7 Å². The van der Waals surface area contributed by atoms with E-state index in [2.05, 4.69) is 10.3 Å². The van der Waals surface area contributed by atoms with Crippen LogP contribution in [0, 0.1) is 0 Å². The second-order valence-corrected chi connectivity index (χ2v) is 4.52. The molecule has 18 heavy (non-hydrogen) atoms. The molecule has 1 aromatic carbocycles. The molecule has 0 spiro atoms. The second-order valence-electron chi connectivity index (χ2n) is 4.11. The first kappa shape index (κ1) is 12.7. The lowest BCUT2D eigenvalue weighted by atomic mass is 10.2. The predicted octanol–water partition coefficient (Wildman–Crippen LogP) is 2.17. The van der Waals surface area contributed by atoms with Gasteiger partial charge in [0.15, 0.2) is 0 Å². The van der Waals surface area contributed by atoms with E-state index in [0.29, 0.717) is 17.3 Å². The van der Waals surface area contributed by atoms with Gasteiger partial charge in [-0.15, -0.1) is 5.10 Å². The second kappa shape index (κ2) is 5.27. The molecule has 0 aliphatic rings. The molecular weight excluding hydrogens is 250 g/mol. The van der Waals surface area contributed by atoms with Crippen molar-refractivity contribution in [3.63, 3.8) is 0 Å². The van der Waals surface area contributed by atoms with Gasteiger partial charge in [0.05, 0.1) is 6.20 Å². The van der Waals surface area contributed by atoms with Crippen molar-refractivity contribution < 1.29 is 0 Å². The molecule has 2 aromatic rings. The minimum absolute atomic E-state index is 0.664. The summed E-state index contributed by atoms with van der Waals surface area (Å²) in [6, 6.07) is 5.50. The number of nitrogen functional groups attached to an aromatic ring is 1. The van der Waals surface area contributed by atoms with Gasteiger partial charge in [-0.1, -0.05) is 16.8 Å². The molecule has 0 saturated heterocycles. The number of halogens is 1. The Morgan fingerprint density at radius 2 is 2.22 bits per heavy atom. The van der Waals surface area contributed by atoms with Gasteiger partial charge < -0.3 is 10.6 Å². The van der Waals surface area contributed by atoms with Crippen molar-refractivity contribution in [2.75, 3.05) is 17.7 Å². The van der Waals surface area contributed by atoms with E-state index >= 15 is 0 Å². The predicted molar refractivity (Wildman–Crippen MR) is 73.7 cm³/mol. The fourth-order valence-electron chi connectivity index (χ4n) is 1.83. The summed E-state index contributed by atoms with van der Waals surface area (Å²) < 4.78 is 1.83. The molecule has 0 unspecified atom stereocenters. The van der Waals surface area contributed by atoms with E-state index in [1.54, 1.807) is 12.3 Å². The Morgan fingerprint density at radius 3 is 2.94 bits per heavy atom. The molecule has 0 bridgehead atoms. The van der Waals surface area contributed by atoms with E-state index in [1.165, 1.54) is 0 Å². The van der Waals surface area contributed by atoms with E-state index in [9.17, 15) is 0 Å². The highest BCUT2D eigenvalue weighted by molar-refractivity contribution is 6.31. The van der Waals surface area contributed by atoms with Crippen LogP contribution in [0.15, 0.2) is 24.4 Å². The summed E-state index contributed by atoms with van der Waals surface area (Å²) in [5, 5.41) is 8.63. The molecule has 2 rings (SSSR count). The molecule has 0 radical (unpaired) electrons. The smallest absolute Gasteiger partial charge is 0.147 e. The highest BCUT2D eigenvalue weighted by Crippen LogP contribution is 2.22. The van der Waals surface area contributed by atoms with Gasteiger partial charge in [0.25, 0.3) is 0 Å². The van der Waals surface area contributed by atoms with Crippen LogP contribution in [0.2, 0.25) is 5.02 Å². The van der Waals surface area contributed by atoms with Crippen molar-refractivity contribution in [2.45, 2.75) is 20.0 Å². The molecule has 2 N–H and O–H groups in total. The third-order valence-corrected chi connectivity index (χ3v) is 3.13. The summed E-state index contributed by atoms with van der Waals surface area (Å²) in [5.74, 6) is 0.955. The van der Waals surface area contributed by atoms with Gasteiger partial charge in [0.2, 0.25) is 0 Å². The van der Waals surface area contributed by atoms with Crippen LogP contribution < -0.4 is 10.6 Å². The first-order chi connectivity index (χ1) is 8.61. The number of aromatic nitrogens is 3. The van der Waals surface area contributed by atoms with Crippen LogP contribution in [0.3, 0.4) is 0 Å². The van der Waals surface area contributed by atoms with Crippen LogP contribution in [0.4, 0.5) is 11.5 Å². The van der Waals surface area contributed by atoms with Crippen molar-refractivity contribution in [1.82, 2.24) is 15.0 Å². The lowest BCUT2D eigenvalue weighted by Crippen LogP contribution is -2.20. The average Bonchev–Trinajstić information content (AvgIpc) is 2.82. The summed E-state index contributed by atoms with van der Waals surface area (Å²) in [5.41, 5.74) is 7.47. The van der Waals surface area contributed by atoms with Gasteiger partial charge in [0.1, 0.15) is 5.82 Å². The van der Waals surface area contributed by atoms with Crippen LogP contribution in [0.5, 0.6) is 0 Å². The number of hydrogen-bond donors (Lipinski definition) is 1. The van der Waals surface area contributed by atoms with Crippen molar-refractivity contribution in [3.8, 4) is 0 Å². The maximum absolute atomic E-state index is 6.16. The van der Waals surface area contributed by atoms with Crippen molar-refractivity contribution in [3.05, 3.63) is 35.0 Å². The number of nitrogens with two attached hydrogens (primary N) is 1. The summed E-state index contributed by atoms with van der Waals surface area (Å²) >= 11 is 6.16. The van der Waals surface area contributed by atoms with E-state index in [4.69, 9.17) is 17.3 Å². The minimum Gasteiger partial charge on any atom is -0.399 e. The molecule has 1 aromatic heterocycles. The number of hydrogen-bond acceptors (Lipinski definition) is 4. The molecule has 0 atom stereocenters. The number of aryl methyl sites for hydroxylation is 1. The molecule has 5 nitrogen and oxygen atoms in total. The maximum atomic E-state index is 6.16. The molecule has 0 aliphatic carbocycles. The van der Waals surface area contributed by atoms with Crippen molar-refractivity contribution in [1.29, 1.82) is 0 Å².